The van der Waals surface area contributed by atoms with Crippen LogP contribution in [0.5, 0.6) is 0 Å². The van der Waals surface area contributed by atoms with E-state index in [0.717, 1.165) is 9.50 Å². The van der Waals surface area contributed by atoms with E-state index in [-0.39, 0.29) is 0 Å². The largest absolute Gasteiger partial charge is 0.0831 e. The van der Waals surface area contributed by atoms with Gasteiger partial charge in [-0.05, 0) is 34.5 Å². The van der Waals surface area contributed by atoms with Gasteiger partial charge in [-0.25, -0.2) is 0 Å². The Labute approximate surface area is 81.7 Å². The topological polar surface area (TPSA) is 0 Å². The van der Waals surface area contributed by atoms with Crippen molar-refractivity contribution in [2.24, 2.45) is 0 Å². The third kappa shape index (κ3) is 3.26. The molecule has 0 radical (unpaired) electrons. The third-order valence-electron chi connectivity index (χ3n) is 1.14. The number of hydrogen-bond donors (Lipinski definition) is 0. The molecule has 0 saturated heterocycles. The van der Waals surface area contributed by atoms with Gasteiger partial charge in [0.15, 0.2) is 0 Å². The SMILES string of the molecule is CC.Cc1cccc(Cl)c1Br. The van der Waals surface area contributed by atoms with Gasteiger partial charge >= 0.3 is 0 Å². The molecule has 0 atom stereocenters. The first kappa shape index (κ1) is 11.0. The zero-order valence-electron chi connectivity index (χ0n) is 6.99. The smallest absolute Gasteiger partial charge is 0.0550 e. The van der Waals surface area contributed by atoms with E-state index in [0.29, 0.717) is 0 Å². The van der Waals surface area contributed by atoms with Crippen LogP contribution in [0.15, 0.2) is 22.7 Å². The van der Waals surface area contributed by atoms with Crippen LogP contribution in [0.2, 0.25) is 5.02 Å². The molecule has 0 saturated carbocycles. The van der Waals surface area contributed by atoms with Crippen molar-refractivity contribution in [3.63, 3.8) is 0 Å². The number of hydrogen-bond acceptors (Lipinski definition) is 0. The van der Waals surface area contributed by atoms with Crippen LogP contribution >= 0.6 is 27.5 Å². The van der Waals surface area contributed by atoms with E-state index in [1.165, 1.54) is 5.56 Å². The highest BCUT2D eigenvalue weighted by Gasteiger charge is 1.96. The van der Waals surface area contributed by atoms with Crippen LogP contribution in [0.25, 0.3) is 0 Å². The van der Waals surface area contributed by atoms with Crippen molar-refractivity contribution >= 4 is 27.5 Å². The van der Waals surface area contributed by atoms with Crippen LogP contribution in [-0.4, -0.2) is 0 Å². The van der Waals surface area contributed by atoms with E-state index in [2.05, 4.69) is 15.9 Å². The predicted octanol–water partition coefficient (Wildman–Crippen LogP) is 4.44. The molecule has 0 bridgehead atoms. The van der Waals surface area contributed by atoms with Crippen LogP contribution in [0.1, 0.15) is 19.4 Å². The summed E-state index contributed by atoms with van der Waals surface area (Å²) >= 11 is 9.11. The Kier molecular flexibility index (Phi) is 5.61. The molecule has 0 aromatic heterocycles. The highest BCUT2D eigenvalue weighted by atomic mass is 79.9. The van der Waals surface area contributed by atoms with Crippen molar-refractivity contribution in [1.82, 2.24) is 0 Å². The fraction of sp³-hybridized carbons (Fsp3) is 0.333. The molecule has 11 heavy (non-hydrogen) atoms. The molecule has 62 valence electrons. The van der Waals surface area contributed by atoms with Crippen molar-refractivity contribution in [3.05, 3.63) is 33.3 Å². The van der Waals surface area contributed by atoms with E-state index < -0.39 is 0 Å². The summed E-state index contributed by atoms with van der Waals surface area (Å²) in [7, 11) is 0. The van der Waals surface area contributed by atoms with Crippen molar-refractivity contribution in [3.8, 4) is 0 Å². The Hall–Kier alpha value is -0.0100. The van der Waals surface area contributed by atoms with Gasteiger partial charge in [0.25, 0.3) is 0 Å². The van der Waals surface area contributed by atoms with Crippen molar-refractivity contribution in [2.75, 3.05) is 0 Å². The summed E-state index contributed by atoms with van der Waals surface area (Å²) in [4.78, 5) is 0. The van der Waals surface area contributed by atoms with E-state index in [9.17, 15) is 0 Å². The number of rotatable bonds is 0. The van der Waals surface area contributed by atoms with Gasteiger partial charge in [0, 0.05) is 4.47 Å². The first-order valence-electron chi connectivity index (χ1n) is 3.62. The average molecular weight is 236 g/mol. The molecule has 0 aliphatic heterocycles. The van der Waals surface area contributed by atoms with Crippen molar-refractivity contribution < 1.29 is 0 Å². The van der Waals surface area contributed by atoms with Gasteiger partial charge in [-0.1, -0.05) is 37.6 Å². The number of halogens is 2. The van der Waals surface area contributed by atoms with E-state index in [4.69, 9.17) is 11.6 Å². The lowest BCUT2D eigenvalue weighted by molar-refractivity contribution is 1.43. The molecule has 0 aliphatic carbocycles. The van der Waals surface area contributed by atoms with Crippen molar-refractivity contribution in [1.29, 1.82) is 0 Å². The lowest BCUT2D eigenvalue weighted by Gasteiger charge is -1.96. The predicted molar refractivity (Wildman–Crippen MR) is 55.2 cm³/mol. The summed E-state index contributed by atoms with van der Waals surface area (Å²) in [6.07, 6.45) is 0. The normalized spacial score (nSPS) is 8.45. The second kappa shape index (κ2) is 5.62. The summed E-state index contributed by atoms with van der Waals surface area (Å²) in [5.41, 5.74) is 1.17. The standard InChI is InChI=1S/C7H6BrCl.C2H6/c1-5-3-2-4-6(9)7(5)8;1-2/h2-4H,1H3;1-2H3. The fourth-order valence-electron chi connectivity index (χ4n) is 0.612. The molecule has 1 aromatic carbocycles. The van der Waals surface area contributed by atoms with Gasteiger partial charge < -0.3 is 0 Å². The Morgan fingerprint density at radius 1 is 1.27 bits per heavy atom. The molecule has 2 heteroatoms. The van der Waals surface area contributed by atoms with Crippen LogP contribution in [0, 0.1) is 6.92 Å². The minimum Gasteiger partial charge on any atom is -0.0831 e. The highest BCUT2D eigenvalue weighted by Crippen LogP contribution is 2.24. The molecule has 0 fully saturated rings. The minimum atomic E-state index is 0.773. The molecule has 0 heterocycles. The molecule has 1 aromatic rings. The minimum absolute atomic E-state index is 0.773. The zero-order valence-corrected chi connectivity index (χ0v) is 9.33. The maximum atomic E-state index is 5.77. The molecule has 1 rings (SSSR count). The molecule has 0 amide bonds. The van der Waals surface area contributed by atoms with Crippen LogP contribution in [0.4, 0.5) is 0 Å². The number of aryl methyl sites for hydroxylation is 1. The van der Waals surface area contributed by atoms with Crippen molar-refractivity contribution in [2.45, 2.75) is 20.8 Å². The highest BCUT2D eigenvalue weighted by molar-refractivity contribution is 9.10. The summed E-state index contributed by atoms with van der Waals surface area (Å²) < 4.78 is 0.992. The van der Waals surface area contributed by atoms with E-state index >= 15 is 0 Å². The lowest BCUT2D eigenvalue weighted by Crippen LogP contribution is -1.73. The molecular weight excluding hydrogens is 223 g/mol. The summed E-state index contributed by atoms with van der Waals surface area (Å²) in [6, 6.07) is 5.80. The number of benzene rings is 1. The van der Waals surface area contributed by atoms with E-state index in [1.54, 1.807) is 0 Å². The lowest BCUT2D eigenvalue weighted by atomic mass is 10.2. The van der Waals surface area contributed by atoms with Gasteiger partial charge in [0.2, 0.25) is 0 Å². The quantitative estimate of drug-likeness (QED) is 0.624. The van der Waals surface area contributed by atoms with Crippen LogP contribution in [-0.2, 0) is 0 Å². The van der Waals surface area contributed by atoms with Gasteiger partial charge in [0.1, 0.15) is 0 Å². The van der Waals surface area contributed by atoms with Crippen LogP contribution in [0.3, 0.4) is 0 Å². The molecule has 0 N–H and O–H groups in total. The Morgan fingerprint density at radius 2 is 1.82 bits per heavy atom. The maximum absolute atomic E-state index is 5.77. The second-order valence-electron chi connectivity index (χ2n) is 1.87. The first-order chi connectivity index (χ1) is 5.22. The monoisotopic (exact) mass is 234 g/mol. The Balaban J connectivity index is 0.000000461. The second-order valence-corrected chi connectivity index (χ2v) is 3.07. The van der Waals surface area contributed by atoms with Crippen LogP contribution < -0.4 is 0 Å². The molecule has 0 nitrogen and oxygen atoms in total. The van der Waals surface area contributed by atoms with Gasteiger partial charge in [-0.15, -0.1) is 0 Å². The van der Waals surface area contributed by atoms with Gasteiger partial charge in [0.05, 0.1) is 5.02 Å². The summed E-state index contributed by atoms with van der Waals surface area (Å²) in [5.74, 6) is 0. The Morgan fingerprint density at radius 3 is 2.18 bits per heavy atom. The summed E-state index contributed by atoms with van der Waals surface area (Å²) in [6.45, 7) is 6.01. The first-order valence-corrected chi connectivity index (χ1v) is 4.79. The van der Waals surface area contributed by atoms with Gasteiger partial charge in [-0.3, -0.25) is 0 Å². The third-order valence-corrected chi connectivity index (χ3v) is 2.74. The van der Waals surface area contributed by atoms with E-state index in [1.807, 2.05) is 39.0 Å². The molecule has 0 unspecified atom stereocenters. The molecule has 0 spiro atoms. The zero-order chi connectivity index (χ0) is 8.85. The summed E-state index contributed by atoms with van der Waals surface area (Å²) in [5, 5.41) is 0.773. The molecule has 0 aliphatic rings. The van der Waals surface area contributed by atoms with Gasteiger partial charge in [-0.2, -0.15) is 0 Å². The average Bonchev–Trinajstić information content (AvgIpc) is 2.04. The molecular formula is C9H12BrCl. The fourth-order valence-corrected chi connectivity index (χ4v) is 1.10. The maximum Gasteiger partial charge on any atom is 0.0550 e. The Bertz CT molecular complexity index is 201.